The number of aryl methyl sites for hydroxylation is 1. The fourth-order valence-corrected chi connectivity index (χ4v) is 5.40. The summed E-state index contributed by atoms with van der Waals surface area (Å²) in [5.74, 6) is -0.328. The molecular formula is C21H19N3O5S. The van der Waals surface area contributed by atoms with E-state index >= 15 is 0 Å². The van der Waals surface area contributed by atoms with Gasteiger partial charge < -0.3 is 5.32 Å². The van der Waals surface area contributed by atoms with Crippen LogP contribution in [0.1, 0.15) is 18.4 Å². The molecule has 0 radical (unpaired) electrons. The van der Waals surface area contributed by atoms with Gasteiger partial charge in [-0.25, -0.2) is 8.42 Å². The van der Waals surface area contributed by atoms with Crippen LogP contribution in [0, 0.1) is 17.0 Å². The monoisotopic (exact) mass is 425 g/mol. The summed E-state index contributed by atoms with van der Waals surface area (Å²) >= 11 is 0. The summed E-state index contributed by atoms with van der Waals surface area (Å²) in [6.07, 6.45) is 0.393. The van der Waals surface area contributed by atoms with Crippen molar-refractivity contribution < 1.29 is 18.1 Å². The maximum absolute atomic E-state index is 12.9. The van der Waals surface area contributed by atoms with Gasteiger partial charge in [-0.15, -0.1) is 0 Å². The van der Waals surface area contributed by atoms with Gasteiger partial charge in [-0.3, -0.25) is 19.2 Å². The topological polar surface area (TPSA) is 110 Å². The Bertz CT molecular complexity index is 1280. The molecule has 0 fully saturated rings. The molecule has 4 rings (SSSR count). The first-order valence-corrected chi connectivity index (χ1v) is 10.8. The number of hydrogen-bond donors (Lipinski definition) is 1. The van der Waals surface area contributed by atoms with Crippen LogP contribution in [0.25, 0.3) is 10.8 Å². The van der Waals surface area contributed by atoms with Gasteiger partial charge in [0.2, 0.25) is 5.91 Å². The third kappa shape index (κ3) is 3.37. The first-order chi connectivity index (χ1) is 14.3. The van der Waals surface area contributed by atoms with Crippen LogP contribution in [0.4, 0.5) is 17.1 Å². The number of carbonyl (C=O) groups excluding carboxylic acids is 1. The Morgan fingerprint density at radius 3 is 2.60 bits per heavy atom. The van der Waals surface area contributed by atoms with Crippen molar-refractivity contribution in [3.05, 3.63) is 70.3 Å². The lowest BCUT2D eigenvalue weighted by Crippen LogP contribution is -2.29. The van der Waals surface area contributed by atoms with Crippen molar-refractivity contribution in [2.45, 2.75) is 24.7 Å². The fourth-order valence-electron chi connectivity index (χ4n) is 3.65. The van der Waals surface area contributed by atoms with Crippen LogP contribution >= 0.6 is 0 Å². The number of hydrogen-bond acceptors (Lipinski definition) is 5. The van der Waals surface area contributed by atoms with E-state index in [0.717, 1.165) is 5.39 Å². The highest BCUT2D eigenvalue weighted by molar-refractivity contribution is 7.93. The molecule has 1 aliphatic rings. The van der Waals surface area contributed by atoms with E-state index in [1.807, 2.05) is 18.2 Å². The molecule has 0 bridgehead atoms. The van der Waals surface area contributed by atoms with E-state index in [9.17, 15) is 23.3 Å². The van der Waals surface area contributed by atoms with Gasteiger partial charge >= 0.3 is 0 Å². The van der Waals surface area contributed by atoms with Crippen molar-refractivity contribution in [1.29, 1.82) is 0 Å². The first kappa shape index (κ1) is 19.8. The summed E-state index contributed by atoms with van der Waals surface area (Å²) in [4.78, 5) is 23.0. The second-order valence-corrected chi connectivity index (χ2v) is 8.95. The van der Waals surface area contributed by atoms with Crippen LogP contribution < -0.4 is 9.62 Å². The molecule has 0 aliphatic carbocycles. The summed E-state index contributed by atoms with van der Waals surface area (Å²) in [7, 11) is -3.65. The molecule has 0 unspecified atom stereocenters. The van der Waals surface area contributed by atoms with Crippen LogP contribution in [-0.2, 0) is 14.8 Å². The summed E-state index contributed by atoms with van der Waals surface area (Å²) in [6.45, 7) is 1.91. The molecule has 30 heavy (non-hydrogen) atoms. The first-order valence-electron chi connectivity index (χ1n) is 9.38. The number of amides is 1. The van der Waals surface area contributed by atoms with Gasteiger partial charge in [0.25, 0.3) is 15.7 Å². The van der Waals surface area contributed by atoms with Crippen molar-refractivity contribution in [2.24, 2.45) is 0 Å². The van der Waals surface area contributed by atoms with E-state index in [1.54, 1.807) is 31.2 Å². The molecule has 1 heterocycles. The molecule has 3 aromatic rings. The van der Waals surface area contributed by atoms with Gasteiger partial charge in [-0.1, -0.05) is 30.3 Å². The van der Waals surface area contributed by atoms with Crippen molar-refractivity contribution in [3.63, 3.8) is 0 Å². The Hall–Kier alpha value is -3.46. The van der Waals surface area contributed by atoms with Crippen molar-refractivity contribution >= 4 is 43.8 Å². The van der Waals surface area contributed by atoms with E-state index in [-0.39, 0.29) is 29.5 Å². The Balaban J connectivity index is 1.45. The number of anilines is 2. The highest BCUT2D eigenvalue weighted by Crippen LogP contribution is 2.42. The molecule has 0 atom stereocenters. The van der Waals surface area contributed by atoms with Gasteiger partial charge in [-0.05, 0) is 36.4 Å². The SMILES string of the molecule is Cc1ccc([N+](=O)[O-])cc1NC(=O)CCCN1c2cccc3cccc(c23)S1(=O)=O. The number of rotatable bonds is 6. The normalized spacial score (nSPS) is 14.1. The van der Waals surface area contributed by atoms with Gasteiger partial charge in [0.15, 0.2) is 0 Å². The highest BCUT2D eigenvalue weighted by Gasteiger charge is 2.35. The minimum absolute atomic E-state index is 0.0838. The predicted molar refractivity (Wildman–Crippen MR) is 114 cm³/mol. The molecule has 3 aromatic carbocycles. The molecule has 154 valence electrons. The number of nitro groups is 1. The van der Waals surface area contributed by atoms with Crippen molar-refractivity contribution in [1.82, 2.24) is 0 Å². The van der Waals surface area contributed by atoms with Gasteiger partial charge in [0.1, 0.15) is 0 Å². The average Bonchev–Trinajstić information content (AvgIpc) is 2.93. The number of carbonyl (C=O) groups is 1. The van der Waals surface area contributed by atoms with E-state index in [0.29, 0.717) is 28.7 Å². The average molecular weight is 425 g/mol. The molecule has 0 saturated heterocycles. The Morgan fingerprint density at radius 1 is 1.13 bits per heavy atom. The lowest BCUT2D eigenvalue weighted by Gasteiger charge is -2.18. The lowest BCUT2D eigenvalue weighted by molar-refractivity contribution is -0.384. The predicted octanol–water partition coefficient (Wildman–Crippen LogP) is 3.98. The van der Waals surface area contributed by atoms with Crippen LogP contribution in [0.2, 0.25) is 0 Å². The number of nitrogens with one attached hydrogen (secondary N) is 1. The number of non-ortho nitro benzene ring substituents is 1. The molecule has 0 aromatic heterocycles. The third-order valence-electron chi connectivity index (χ3n) is 5.15. The molecule has 0 spiro atoms. The van der Waals surface area contributed by atoms with Gasteiger partial charge in [0, 0.05) is 30.5 Å². The largest absolute Gasteiger partial charge is 0.326 e. The Kier molecular flexibility index (Phi) is 4.90. The molecule has 0 saturated carbocycles. The van der Waals surface area contributed by atoms with Crippen LogP contribution in [0.15, 0.2) is 59.5 Å². The summed E-state index contributed by atoms with van der Waals surface area (Å²) < 4.78 is 27.2. The van der Waals surface area contributed by atoms with Gasteiger partial charge in [-0.2, -0.15) is 0 Å². The minimum Gasteiger partial charge on any atom is -0.326 e. The minimum atomic E-state index is -3.65. The second-order valence-electron chi connectivity index (χ2n) is 7.12. The highest BCUT2D eigenvalue weighted by atomic mass is 32.2. The zero-order valence-corrected chi connectivity index (χ0v) is 17.0. The Morgan fingerprint density at radius 2 is 1.87 bits per heavy atom. The number of nitro benzene ring substituents is 1. The number of benzene rings is 3. The smallest absolute Gasteiger partial charge is 0.271 e. The molecule has 1 N–H and O–H groups in total. The third-order valence-corrected chi connectivity index (χ3v) is 7.01. The Labute approximate surface area is 173 Å². The standard InChI is InChI=1S/C21H19N3O5S/c1-14-10-11-16(24(26)27)13-17(14)22-20(25)9-4-12-23-18-7-2-5-15-6-3-8-19(21(15)18)30(23,28)29/h2-3,5-8,10-11,13H,4,9,12H2,1H3,(H,22,25). The van der Waals surface area contributed by atoms with Gasteiger partial charge in [0.05, 0.1) is 21.2 Å². The summed E-state index contributed by atoms with van der Waals surface area (Å²) in [6, 6.07) is 14.9. The summed E-state index contributed by atoms with van der Waals surface area (Å²) in [5, 5.41) is 15.2. The maximum Gasteiger partial charge on any atom is 0.271 e. The molecule has 1 aliphatic heterocycles. The van der Waals surface area contributed by atoms with Crippen LogP contribution in [-0.4, -0.2) is 25.8 Å². The quantitative estimate of drug-likeness (QED) is 0.474. The van der Waals surface area contributed by atoms with Crippen LogP contribution in [0.5, 0.6) is 0 Å². The van der Waals surface area contributed by atoms with Crippen LogP contribution in [0.3, 0.4) is 0 Å². The zero-order chi connectivity index (χ0) is 21.5. The number of sulfonamides is 1. The molecule has 9 heteroatoms. The molecule has 1 amide bonds. The maximum atomic E-state index is 12.9. The van der Waals surface area contributed by atoms with E-state index in [2.05, 4.69) is 5.32 Å². The zero-order valence-electron chi connectivity index (χ0n) is 16.2. The van der Waals surface area contributed by atoms with E-state index < -0.39 is 14.9 Å². The number of nitrogens with zero attached hydrogens (tertiary/aromatic N) is 2. The van der Waals surface area contributed by atoms with E-state index in [4.69, 9.17) is 0 Å². The fraction of sp³-hybridized carbons (Fsp3) is 0.190. The van der Waals surface area contributed by atoms with E-state index in [1.165, 1.54) is 16.4 Å². The molecule has 8 nitrogen and oxygen atoms in total. The molecular weight excluding hydrogens is 406 g/mol. The summed E-state index contributed by atoms with van der Waals surface area (Å²) in [5.41, 5.74) is 1.60. The second kappa shape index (κ2) is 7.42. The van der Waals surface area contributed by atoms with Crippen molar-refractivity contribution in [3.8, 4) is 0 Å². The lowest BCUT2D eigenvalue weighted by atomic mass is 10.1. The van der Waals surface area contributed by atoms with Crippen molar-refractivity contribution in [2.75, 3.05) is 16.2 Å².